The normalized spacial score (nSPS) is 10.9. The lowest BCUT2D eigenvalue weighted by Crippen LogP contribution is -1.89. The minimum absolute atomic E-state index is 0.563. The van der Waals surface area contributed by atoms with Crippen LogP contribution in [0.2, 0.25) is 0 Å². The van der Waals surface area contributed by atoms with Gasteiger partial charge in [0.25, 0.3) is 0 Å². The predicted molar refractivity (Wildman–Crippen MR) is 68.1 cm³/mol. The highest BCUT2D eigenvalue weighted by atomic mass is 14.1. The van der Waals surface area contributed by atoms with Crippen LogP contribution in [0.1, 0.15) is 30.9 Å². The van der Waals surface area contributed by atoms with Crippen LogP contribution in [0.5, 0.6) is 0 Å². The van der Waals surface area contributed by atoms with E-state index in [-0.39, 0.29) is 0 Å². The summed E-state index contributed by atoms with van der Waals surface area (Å²) in [5, 5.41) is 2.59. The van der Waals surface area contributed by atoms with Gasteiger partial charge in [0.15, 0.2) is 0 Å². The van der Waals surface area contributed by atoms with Gasteiger partial charge in [-0.3, -0.25) is 0 Å². The fourth-order valence-electron chi connectivity index (χ4n) is 1.87. The van der Waals surface area contributed by atoms with Crippen molar-refractivity contribution < 1.29 is 0 Å². The molecular weight excluding hydrogens is 180 g/mol. The van der Waals surface area contributed by atoms with E-state index >= 15 is 0 Å². The van der Waals surface area contributed by atoms with Crippen molar-refractivity contribution in [1.82, 2.24) is 0 Å². The standard InChI is InChI=1S/C15H16/c1-4-12-9-14(11(2)3)10-13-7-5-6-8-15(12)13/h4-11H,1H2,2-3H3. The van der Waals surface area contributed by atoms with E-state index in [9.17, 15) is 0 Å². The fourth-order valence-corrected chi connectivity index (χ4v) is 1.87. The first-order chi connectivity index (χ1) is 7.22. The quantitative estimate of drug-likeness (QED) is 0.658. The van der Waals surface area contributed by atoms with Crippen LogP contribution >= 0.6 is 0 Å². The largest absolute Gasteiger partial charge is 0.0984 e. The fraction of sp³-hybridized carbons (Fsp3) is 0.200. The second kappa shape index (κ2) is 3.90. The van der Waals surface area contributed by atoms with Gasteiger partial charge < -0.3 is 0 Å². The van der Waals surface area contributed by atoms with Crippen molar-refractivity contribution in [2.45, 2.75) is 19.8 Å². The van der Waals surface area contributed by atoms with E-state index in [0.29, 0.717) is 5.92 Å². The molecule has 0 nitrogen and oxygen atoms in total. The number of hydrogen-bond acceptors (Lipinski definition) is 0. The molecule has 0 saturated heterocycles. The van der Waals surface area contributed by atoms with Crippen LogP contribution in [0.4, 0.5) is 0 Å². The van der Waals surface area contributed by atoms with Crippen LogP contribution in [-0.2, 0) is 0 Å². The van der Waals surface area contributed by atoms with Crippen molar-refractivity contribution in [3.05, 3.63) is 54.1 Å². The zero-order valence-electron chi connectivity index (χ0n) is 9.33. The molecule has 0 saturated carbocycles. The van der Waals surface area contributed by atoms with E-state index in [4.69, 9.17) is 0 Å². The number of fused-ring (bicyclic) bond motifs is 1. The molecule has 0 N–H and O–H groups in total. The number of hydrogen-bond donors (Lipinski definition) is 0. The van der Waals surface area contributed by atoms with Crippen molar-refractivity contribution in [3.63, 3.8) is 0 Å². The van der Waals surface area contributed by atoms with Gasteiger partial charge in [0, 0.05) is 0 Å². The Kier molecular flexibility index (Phi) is 2.59. The smallest absolute Gasteiger partial charge is 0.0111 e. The van der Waals surface area contributed by atoms with Crippen LogP contribution < -0.4 is 0 Å². The average molecular weight is 196 g/mol. The predicted octanol–water partition coefficient (Wildman–Crippen LogP) is 4.61. The molecule has 0 fully saturated rings. The first kappa shape index (κ1) is 9.97. The van der Waals surface area contributed by atoms with E-state index in [2.05, 4.69) is 56.8 Å². The van der Waals surface area contributed by atoms with Gasteiger partial charge in [0.05, 0.1) is 0 Å². The van der Waals surface area contributed by atoms with Crippen molar-refractivity contribution >= 4 is 16.8 Å². The van der Waals surface area contributed by atoms with Gasteiger partial charge in [0.1, 0.15) is 0 Å². The van der Waals surface area contributed by atoms with Crippen LogP contribution in [0.15, 0.2) is 43.0 Å². The average Bonchev–Trinajstić information content (AvgIpc) is 2.27. The molecule has 0 radical (unpaired) electrons. The Morgan fingerprint density at radius 3 is 2.53 bits per heavy atom. The van der Waals surface area contributed by atoms with Crippen LogP contribution in [-0.4, -0.2) is 0 Å². The molecule has 0 aliphatic rings. The van der Waals surface area contributed by atoms with Crippen LogP contribution in [0.25, 0.3) is 16.8 Å². The molecule has 0 bridgehead atoms. The third-order valence-corrected chi connectivity index (χ3v) is 2.80. The first-order valence-corrected chi connectivity index (χ1v) is 5.37. The molecule has 0 unspecified atom stereocenters. The van der Waals surface area contributed by atoms with Gasteiger partial charge in [-0.25, -0.2) is 0 Å². The maximum atomic E-state index is 3.88. The third-order valence-electron chi connectivity index (χ3n) is 2.80. The Hall–Kier alpha value is -1.56. The molecule has 0 aromatic heterocycles. The Bertz CT molecular complexity index is 492. The minimum Gasteiger partial charge on any atom is -0.0984 e. The Balaban J connectivity index is 2.77. The van der Waals surface area contributed by atoms with Gasteiger partial charge in [0.2, 0.25) is 0 Å². The van der Waals surface area contributed by atoms with E-state index in [1.165, 1.54) is 21.9 Å². The van der Waals surface area contributed by atoms with Gasteiger partial charge >= 0.3 is 0 Å². The van der Waals surface area contributed by atoms with Gasteiger partial charge in [-0.1, -0.05) is 62.9 Å². The van der Waals surface area contributed by atoms with Crippen LogP contribution in [0, 0.1) is 0 Å². The molecule has 0 atom stereocenters. The van der Waals surface area contributed by atoms with Crippen molar-refractivity contribution in [1.29, 1.82) is 0 Å². The Morgan fingerprint density at radius 1 is 1.13 bits per heavy atom. The lowest BCUT2D eigenvalue weighted by Gasteiger charge is -2.10. The third kappa shape index (κ3) is 1.80. The van der Waals surface area contributed by atoms with Crippen molar-refractivity contribution in [2.24, 2.45) is 0 Å². The molecule has 2 rings (SSSR count). The van der Waals surface area contributed by atoms with Gasteiger partial charge in [-0.15, -0.1) is 0 Å². The molecule has 76 valence electrons. The second-order valence-electron chi connectivity index (χ2n) is 4.19. The van der Waals surface area contributed by atoms with E-state index < -0.39 is 0 Å². The summed E-state index contributed by atoms with van der Waals surface area (Å²) in [4.78, 5) is 0. The topological polar surface area (TPSA) is 0 Å². The monoisotopic (exact) mass is 196 g/mol. The molecular formula is C15H16. The molecule has 0 heteroatoms. The molecule has 2 aromatic rings. The zero-order chi connectivity index (χ0) is 10.8. The summed E-state index contributed by atoms with van der Waals surface area (Å²) in [6, 6.07) is 13.0. The molecule has 0 heterocycles. The maximum Gasteiger partial charge on any atom is -0.0111 e. The van der Waals surface area contributed by atoms with Crippen molar-refractivity contribution in [2.75, 3.05) is 0 Å². The highest BCUT2D eigenvalue weighted by Crippen LogP contribution is 2.25. The summed E-state index contributed by atoms with van der Waals surface area (Å²) in [6.45, 7) is 8.32. The van der Waals surface area contributed by atoms with E-state index in [1.54, 1.807) is 0 Å². The lowest BCUT2D eigenvalue weighted by molar-refractivity contribution is 0.868. The highest BCUT2D eigenvalue weighted by Gasteiger charge is 2.03. The summed E-state index contributed by atoms with van der Waals surface area (Å²) in [5.41, 5.74) is 2.61. The van der Waals surface area contributed by atoms with Crippen LogP contribution in [0.3, 0.4) is 0 Å². The molecule has 0 spiro atoms. The first-order valence-electron chi connectivity index (χ1n) is 5.37. The Labute approximate surface area is 91.2 Å². The summed E-state index contributed by atoms with van der Waals surface area (Å²) < 4.78 is 0. The highest BCUT2D eigenvalue weighted by molar-refractivity contribution is 5.91. The summed E-state index contributed by atoms with van der Waals surface area (Å²) in [7, 11) is 0. The molecule has 0 aliphatic carbocycles. The molecule has 2 aromatic carbocycles. The van der Waals surface area contributed by atoms with Gasteiger partial charge in [-0.2, -0.15) is 0 Å². The molecule has 0 aliphatic heterocycles. The maximum absolute atomic E-state index is 3.88. The molecule has 0 amide bonds. The summed E-state index contributed by atoms with van der Waals surface area (Å²) >= 11 is 0. The SMILES string of the molecule is C=Cc1cc(C(C)C)cc2ccccc12. The van der Waals surface area contributed by atoms with E-state index in [0.717, 1.165) is 0 Å². The summed E-state index contributed by atoms with van der Waals surface area (Å²) in [5.74, 6) is 0.563. The van der Waals surface area contributed by atoms with Gasteiger partial charge in [-0.05, 0) is 27.8 Å². The number of rotatable bonds is 2. The number of benzene rings is 2. The zero-order valence-corrected chi connectivity index (χ0v) is 9.33. The second-order valence-corrected chi connectivity index (χ2v) is 4.19. The Morgan fingerprint density at radius 2 is 1.87 bits per heavy atom. The summed E-state index contributed by atoms with van der Waals surface area (Å²) in [6.07, 6.45) is 1.94. The minimum atomic E-state index is 0.563. The van der Waals surface area contributed by atoms with E-state index in [1.807, 2.05) is 6.08 Å². The van der Waals surface area contributed by atoms with Crippen molar-refractivity contribution in [3.8, 4) is 0 Å². The molecule has 15 heavy (non-hydrogen) atoms. The lowest BCUT2D eigenvalue weighted by atomic mass is 9.95.